The number of hydrogen-bond donors (Lipinski definition) is 1. The van der Waals surface area contributed by atoms with Crippen LogP contribution in [0.5, 0.6) is 0 Å². The highest BCUT2D eigenvalue weighted by Gasteiger charge is 2.20. The number of anilines is 1. The Kier molecular flexibility index (Phi) is 4.77. The van der Waals surface area contributed by atoms with E-state index in [4.69, 9.17) is 4.74 Å². The van der Waals surface area contributed by atoms with Crippen molar-refractivity contribution in [3.05, 3.63) is 90.5 Å². The zero-order valence-electron chi connectivity index (χ0n) is 15.4. The van der Waals surface area contributed by atoms with Crippen LogP contribution in [-0.4, -0.2) is 18.0 Å². The van der Waals surface area contributed by atoms with Crippen LogP contribution in [0.4, 0.5) is 5.69 Å². The normalized spacial score (nSPS) is 11.9. The minimum absolute atomic E-state index is 0.370. The van der Waals surface area contributed by atoms with E-state index in [0.717, 1.165) is 21.5 Å². The zero-order chi connectivity index (χ0) is 19.5. The van der Waals surface area contributed by atoms with Gasteiger partial charge < -0.3 is 10.1 Å². The number of rotatable bonds is 4. The van der Waals surface area contributed by atoms with E-state index in [1.165, 1.54) is 0 Å². The molecule has 0 aliphatic rings. The second-order valence-corrected chi connectivity index (χ2v) is 6.63. The van der Waals surface area contributed by atoms with Crippen LogP contribution in [0.1, 0.15) is 17.3 Å². The third kappa shape index (κ3) is 3.58. The number of ether oxygens (including phenoxy) is 1. The molecule has 1 N–H and O–H groups in total. The molecule has 0 aliphatic carbocycles. The Labute approximate surface area is 162 Å². The second-order valence-electron chi connectivity index (χ2n) is 6.63. The van der Waals surface area contributed by atoms with E-state index in [1.807, 2.05) is 72.8 Å². The summed E-state index contributed by atoms with van der Waals surface area (Å²) in [6.07, 6.45) is -0.919. The first-order chi connectivity index (χ1) is 13.6. The van der Waals surface area contributed by atoms with E-state index >= 15 is 0 Å². The van der Waals surface area contributed by atoms with E-state index in [9.17, 15) is 9.59 Å². The summed E-state index contributed by atoms with van der Waals surface area (Å²) in [6.45, 7) is 1.57. The minimum atomic E-state index is -0.919. The number of fused-ring (bicyclic) bond motifs is 2. The van der Waals surface area contributed by atoms with Crippen molar-refractivity contribution < 1.29 is 14.3 Å². The summed E-state index contributed by atoms with van der Waals surface area (Å²) in [5.74, 6) is -0.892. The molecule has 4 aromatic carbocycles. The summed E-state index contributed by atoms with van der Waals surface area (Å²) < 4.78 is 5.38. The summed E-state index contributed by atoms with van der Waals surface area (Å²) >= 11 is 0. The fourth-order valence-electron chi connectivity index (χ4n) is 3.17. The Bertz CT molecular complexity index is 1180. The van der Waals surface area contributed by atoms with E-state index in [0.29, 0.717) is 11.3 Å². The number of nitrogens with one attached hydrogen (secondary N) is 1. The van der Waals surface area contributed by atoms with Gasteiger partial charge in [0.2, 0.25) is 0 Å². The third-order valence-electron chi connectivity index (χ3n) is 4.69. The highest BCUT2D eigenvalue weighted by atomic mass is 16.5. The maximum Gasteiger partial charge on any atom is 0.338 e. The summed E-state index contributed by atoms with van der Waals surface area (Å²) in [5.41, 5.74) is 1.11. The van der Waals surface area contributed by atoms with Crippen LogP contribution in [0, 0.1) is 0 Å². The molecule has 4 heteroatoms. The van der Waals surface area contributed by atoms with Crippen molar-refractivity contribution in [1.82, 2.24) is 0 Å². The molecule has 0 aromatic heterocycles. The van der Waals surface area contributed by atoms with E-state index in [-0.39, 0.29) is 5.91 Å². The average Bonchev–Trinajstić information content (AvgIpc) is 2.73. The van der Waals surface area contributed by atoms with Gasteiger partial charge in [-0.1, -0.05) is 66.7 Å². The minimum Gasteiger partial charge on any atom is -0.449 e. The molecule has 28 heavy (non-hydrogen) atoms. The topological polar surface area (TPSA) is 55.4 Å². The van der Waals surface area contributed by atoms with Gasteiger partial charge in [-0.05, 0) is 41.3 Å². The van der Waals surface area contributed by atoms with Crippen molar-refractivity contribution in [3.8, 4) is 0 Å². The number of hydrogen-bond acceptors (Lipinski definition) is 3. The summed E-state index contributed by atoms with van der Waals surface area (Å²) in [7, 11) is 0. The second kappa shape index (κ2) is 7.53. The Morgan fingerprint density at radius 2 is 1.46 bits per heavy atom. The lowest BCUT2D eigenvalue weighted by atomic mass is 10.1. The first-order valence-electron chi connectivity index (χ1n) is 9.10. The standard InChI is InChI=1S/C24H19NO3/c1-16(23(26)25-22-12-6-10-18-8-4-5-11-21(18)22)28-24(27)20-14-13-17-7-2-3-9-19(17)15-20/h2-16H,1H3,(H,25,26)/t16-/m1/s1. The molecule has 0 unspecified atom stereocenters. The fourth-order valence-corrected chi connectivity index (χ4v) is 3.17. The molecule has 1 atom stereocenters. The van der Waals surface area contributed by atoms with Gasteiger partial charge in [-0.3, -0.25) is 4.79 Å². The molecule has 4 rings (SSSR count). The molecule has 0 radical (unpaired) electrons. The molecule has 0 saturated heterocycles. The largest absolute Gasteiger partial charge is 0.449 e. The number of carbonyl (C=O) groups excluding carboxylic acids is 2. The zero-order valence-corrected chi connectivity index (χ0v) is 15.4. The summed E-state index contributed by atoms with van der Waals surface area (Å²) in [4.78, 5) is 25.0. The van der Waals surface area contributed by atoms with Crippen LogP contribution in [0.3, 0.4) is 0 Å². The highest BCUT2D eigenvalue weighted by molar-refractivity contribution is 6.04. The Balaban J connectivity index is 1.48. The number of benzene rings is 4. The predicted octanol–water partition coefficient (Wildman–Crippen LogP) is 5.18. The molecular formula is C24H19NO3. The summed E-state index contributed by atoms with van der Waals surface area (Å²) in [6, 6.07) is 26.6. The number of carbonyl (C=O) groups is 2. The van der Waals surface area contributed by atoms with Gasteiger partial charge in [-0.2, -0.15) is 0 Å². The van der Waals surface area contributed by atoms with Gasteiger partial charge in [0.1, 0.15) is 0 Å². The Hall–Kier alpha value is -3.66. The molecule has 0 spiro atoms. The van der Waals surface area contributed by atoms with Crippen molar-refractivity contribution in [3.63, 3.8) is 0 Å². The van der Waals surface area contributed by atoms with Gasteiger partial charge in [-0.15, -0.1) is 0 Å². The lowest BCUT2D eigenvalue weighted by Crippen LogP contribution is -2.30. The maximum atomic E-state index is 12.5. The Morgan fingerprint density at radius 1 is 0.786 bits per heavy atom. The Morgan fingerprint density at radius 3 is 2.29 bits per heavy atom. The fraction of sp³-hybridized carbons (Fsp3) is 0.0833. The van der Waals surface area contributed by atoms with Crippen molar-refractivity contribution >= 4 is 39.1 Å². The van der Waals surface area contributed by atoms with Crippen LogP contribution in [0.2, 0.25) is 0 Å². The van der Waals surface area contributed by atoms with Crippen LogP contribution in [0.25, 0.3) is 21.5 Å². The molecule has 0 heterocycles. The van der Waals surface area contributed by atoms with Crippen LogP contribution < -0.4 is 5.32 Å². The molecule has 0 aliphatic heterocycles. The van der Waals surface area contributed by atoms with Crippen molar-refractivity contribution in [2.24, 2.45) is 0 Å². The average molecular weight is 369 g/mol. The van der Waals surface area contributed by atoms with Gasteiger partial charge in [0.25, 0.3) is 5.91 Å². The van der Waals surface area contributed by atoms with Gasteiger partial charge in [0.15, 0.2) is 6.10 Å². The quantitative estimate of drug-likeness (QED) is 0.505. The SMILES string of the molecule is C[C@@H](OC(=O)c1ccc2ccccc2c1)C(=O)Nc1cccc2ccccc12. The lowest BCUT2D eigenvalue weighted by Gasteiger charge is -2.15. The van der Waals surface area contributed by atoms with E-state index in [1.54, 1.807) is 19.1 Å². The first kappa shape index (κ1) is 17.7. The molecule has 4 aromatic rings. The molecular weight excluding hydrogens is 350 g/mol. The van der Waals surface area contributed by atoms with Crippen molar-refractivity contribution in [1.29, 1.82) is 0 Å². The van der Waals surface area contributed by atoms with Gasteiger partial charge in [0.05, 0.1) is 5.56 Å². The highest BCUT2D eigenvalue weighted by Crippen LogP contribution is 2.23. The smallest absolute Gasteiger partial charge is 0.338 e. The lowest BCUT2D eigenvalue weighted by molar-refractivity contribution is -0.123. The molecule has 138 valence electrons. The molecule has 0 fully saturated rings. The molecule has 0 bridgehead atoms. The maximum absolute atomic E-state index is 12.5. The van der Waals surface area contributed by atoms with Gasteiger partial charge in [0, 0.05) is 11.1 Å². The van der Waals surface area contributed by atoms with Crippen LogP contribution in [0.15, 0.2) is 84.9 Å². The van der Waals surface area contributed by atoms with Crippen LogP contribution in [-0.2, 0) is 9.53 Å². The van der Waals surface area contributed by atoms with E-state index < -0.39 is 12.1 Å². The summed E-state index contributed by atoms with van der Waals surface area (Å²) in [5, 5.41) is 6.81. The predicted molar refractivity (Wildman–Crippen MR) is 111 cm³/mol. The van der Waals surface area contributed by atoms with Gasteiger partial charge in [-0.25, -0.2) is 4.79 Å². The molecule has 1 amide bonds. The monoisotopic (exact) mass is 369 g/mol. The van der Waals surface area contributed by atoms with Crippen molar-refractivity contribution in [2.45, 2.75) is 13.0 Å². The number of esters is 1. The first-order valence-corrected chi connectivity index (χ1v) is 9.10. The van der Waals surface area contributed by atoms with Crippen LogP contribution >= 0.6 is 0 Å². The number of amides is 1. The van der Waals surface area contributed by atoms with E-state index in [2.05, 4.69) is 5.32 Å². The molecule has 4 nitrogen and oxygen atoms in total. The van der Waals surface area contributed by atoms with Crippen molar-refractivity contribution in [2.75, 3.05) is 5.32 Å². The molecule has 0 saturated carbocycles. The van der Waals surface area contributed by atoms with Gasteiger partial charge >= 0.3 is 5.97 Å². The third-order valence-corrected chi connectivity index (χ3v) is 4.69.